The molecule has 6 heteroatoms. The van der Waals surface area contributed by atoms with Crippen LogP contribution in [0.3, 0.4) is 0 Å². The van der Waals surface area contributed by atoms with Crippen molar-refractivity contribution in [2.75, 3.05) is 13.1 Å². The molecule has 2 fully saturated rings. The minimum atomic E-state index is -0.275. The maximum atomic E-state index is 12.4. The van der Waals surface area contributed by atoms with Crippen molar-refractivity contribution >= 4 is 11.8 Å². The lowest BCUT2D eigenvalue weighted by Gasteiger charge is -2.37. The third-order valence-corrected chi connectivity index (χ3v) is 5.22. The lowest BCUT2D eigenvalue weighted by atomic mass is 9.76. The summed E-state index contributed by atoms with van der Waals surface area (Å²) in [5.41, 5.74) is 0.832. The molecule has 1 atom stereocenters. The highest BCUT2D eigenvalue weighted by Crippen LogP contribution is 2.37. The van der Waals surface area contributed by atoms with Crippen LogP contribution in [0, 0.1) is 5.92 Å². The van der Waals surface area contributed by atoms with Gasteiger partial charge in [-0.1, -0.05) is 12.5 Å². The van der Waals surface area contributed by atoms with Crippen molar-refractivity contribution in [2.24, 2.45) is 5.92 Å². The Kier molecular flexibility index (Phi) is 6.02. The number of amides is 2. The summed E-state index contributed by atoms with van der Waals surface area (Å²) in [6.07, 6.45) is 6.78. The summed E-state index contributed by atoms with van der Waals surface area (Å²) >= 11 is 0. The van der Waals surface area contributed by atoms with Crippen LogP contribution in [0.4, 0.5) is 0 Å². The minimum absolute atomic E-state index is 0.0610. The van der Waals surface area contributed by atoms with Crippen LogP contribution in [0.1, 0.15) is 56.7 Å². The predicted octanol–water partition coefficient (Wildman–Crippen LogP) is 1.80. The molecule has 0 bridgehead atoms. The summed E-state index contributed by atoms with van der Waals surface area (Å²) in [5, 5.41) is 12.7. The number of carbonyl (C=O) groups is 2. The maximum Gasteiger partial charge on any atom is 0.222 e. The fourth-order valence-corrected chi connectivity index (χ4v) is 3.65. The number of nitrogens with one attached hydrogen (secondary N) is 1. The third kappa shape index (κ3) is 4.78. The Bertz CT molecular complexity index is 587. The van der Waals surface area contributed by atoms with Gasteiger partial charge in [0.1, 0.15) is 0 Å². The summed E-state index contributed by atoms with van der Waals surface area (Å²) in [6.45, 7) is 1.23. The van der Waals surface area contributed by atoms with Gasteiger partial charge in [-0.05, 0) is 43.7 Å². The molecule has 1 aliphatic heterocycles. The number of rotatable bonds is 6. The Labute approximate surface area is 148 Å². The normalized spacial score (nSPS) is 25.0. The number of hydrogen-bond donors (Lipinski definition) is 2. The van der Waals surface area contributed by atoms with Gasteiger partial charge in [0, 0.05) is 32.1 Å². The van der Waals surface area contributed by atoms with Gasteiger partial charge in [0.25, 0.3) is 0 Å². The maximum absolute atomic E-state index is 12.4. The topological polar surface area (TPSA) is 82.5 Å². The first-order valence-electron chi connectivity index (χ1n) is 9.29. The van der Waals surface area contributed by atoms with Crippen molar-refractivity contribution in [3.63, 3.8) is 0 Å². The van der Waals surface area contributed by atoms with E-state index in [0.717, 1.165) is 31.5 Å². The van der Waals surface area contributed by atoms with Gasteiger partial charge >= 0.3 is 0 Å². The number of aromatic nitrogens is 1. The zero-order valence-electron chi connectivity index (χ0n) is 14.6. The molecular formula is C19H27N3O3. The highest BCUT2D eigenvalue weighted by molar-refractivity contribution is 5.79. The largest absolute Gasteiger partial charge is 0.393 e. The first-order valence-corrected chi connectivity index (χ1v) is 9.29. The number of pyridine rings is 1. The van der Waals surface area contributed by atoms with Gasteiger partial charge in [0.2, 0.25) is 11.8 Å². The van der Waals surface area contributed by atoms with Crippen LogP contribution < -0.4 is 5.32 Å². The van der Waals surface area contributed by atoms with E-state index in [4.69, 9.17) is 0 Å². The van der Waals surface area contributed by atoms with Crippen molar-refractivity contribution in [1.29, 1.82) is 0 Å². The molecule has 1 aromatic heterocycles. The van der Waals surface area contributed by atoms with E-state index in [1.165, 1.54) is 0 Å². The second-order valence-electron chi connectivity index (χ2n) is 7.13. The van der Waals surface area contributed by atoms with Crippen molar-refractivity contribution < 1.29 is 14.7 Å². The number of aliphatic hydroxyl groups is 1. The summed E-state index contributed by atoms with van der Waals surface area (Å²) < 4.78 is 0. The van der Waals surface area contributed by atoms with Gasteiger partial charge in [-0.3, -0.25) is 14.6 Å². The second kappa shape index (κ2) is 8.43. The lowest BCUT2D eigenvalue weighted by Crippen LogP contribution is -2.42. The van der Waals surface area contributed by atoms with Crippen LogP contribution in [-0.4, -0.2) is 46.0 Å². The smallest absolute Gasteiger partial charge is 0.222 e. The van der Waals surface area contributed by atoms with E-state index < -0.39 is 0 Å². The van der Waals surface area contributed by atoms with Crippen molar-refractivity contribution in [3.05, 3.63) is 30.1 Å². The van der Waals surface area contributed by atoms with Gasteiger partial charge < -0.3 is 15.3 Å². The first-order chi connectivity index (χ1) is 12.1. The molecule has 1 aromatic rings. The standard InChI is InChI=1S/C19H27N3O3/c23-15-12-14(13-15)19(16-6-3-4-9-20-16)21-17(24)8-11-22-10-5-1-2-7-18(22)25/h3-4,6,9,14-15,19,23H,1-2,5,7-8,10-13H2,(H,21,24). The molecule has 2 aliphatic rings. The van der Waals surface area contributed by atoms with Gasteiger partial charge in [-0.25, -0.2) is 0 Å². The number of aliphatic hydroxyl groups excluding tert-OH is 1. The van der Waals surface area contributed by atoms with Crippen LogP contribution in [0.2, 0.25) is 0 Å². The first kappa shape index (κ1) is 17.9. The van der Waals surface area contributed by atoms with Gasteiger partial charge in [0.15, 0.2) is 0 Å². The van der Waals surface area contributed by atoms with Crippen LogP contribution in [0.15, 0.2) is 24.4 Å². The predicted molar refractivity (Wildman–Crippen MR) is 93.5 cm³/mol. The highest BCUT2D eigenvalue weighted by atomic mass is 16.3. The zero-order valence-corrected chi connectivity index (χ0v) is 14.6. The molecule has 2 heterocycles. The van der Waals surface area contributed by atoms with Crippen molar-refractivity contribution in [3.8, 4) is 0 Å². The summed E-state index contributed by atoms with van der Waals surface area (Å²) in [5.74, 6) is 0.316. The van der Waals surface area contributed by atoms with E-state index >= 15 is 0 Å². The zero-order chi connectivity index (χ0) is 17.6. The number of carbonyl (C=O) groups excluding carboxylic acids is 2. The monoisotopic (exact) mass is 345 g/mol. The van der Waals surface area contributed by atoms with Crippen LogP contribution in [0.25, 0.3) is 0 Å². The van der Waals surface area contributed by atoms with E-state index in [1.54, 1.807) is 6.20 Å². The Morgan fingerprint density at radius 1 is 1.32 bits per heavy atom. The average Bonchev–Trinajstić information content (AvgIpc) is 2.80. The molecule has 2 amide bonds. The van der Waals surface area contributed by atoms with Gasteiger partial charge in [-0.2, -0.15) is 0 Å². The van der Waals surface area contributed by atoms with Crippen LogP contribution >= 0.6 is 0 Å². The van der Waals surface area contributed by atoms with Crippen molar-refractivity contribution in [1.82, 2.24) is 15.2 Å². The summed E-state index contributed by atoms with van der Waals surface area (Å²) in [6, 6.07) is 5.50. The molecule has 2 N–H and O–H groups in total. The summed E-state index contributed by atoms with van der Waals surface area (Å²) in [7, 11) is 0. The molecule has 1 aliphatic carbocycles. The van der Waals surface area contributed by atoms with Gasteiger partial charge in [-0.15, -0.1) is 0 Å². The fourth-order valence-electron chi connectivity index (χ4n) is 3.65. The molecule has 3 rings (SSSR count). The molecule has 0 radical (unpaired) electrons. The second-order valence-corrected chi connectivity index (χ2v) is 7.13. The highest BCUT2D eigenvalue weighted by Gasteiger charge is 2.36. The Morgan fingerprint density at radius 2 is 2.16 bits per heavy atom. The molecule has 6 nitrogen and oxygen atoms in total. The lowest BCUT2D eigenvalue weighted by molar-refractivity contribution is -0.131. The van der Waals surface area contributed by atoms with E-state index in [2.05, 4.69) is 10.3 Å². The molecular weight excluding hydrogens is 318 g/mol. The average molecular weight is 345 g/mol. The quantitative estimate of drug-likeness (QED) is 0.824. The SMILES string of the molecule is O=C(CCN1CCCCCC1=O)NC(c1ccccn1)C1CC(O)C1. The molecule has 136 valence electrons. The number of nitrogens with zero attached hydrogens (tertiary/aromatic N) is 2. The van der Waals surface area contributed by atoms with Crippen LogP contribution in [0.5, 0.6) is 0 Å². The minimum Gasteiger partial charge on any atom is -0.393 e. The van der Waals surface area contributed by atoms with Crippen molar-refractivity contribution in [2.45, 2.75) is 57.1 Å². The number of hydrogen-bond acceptors (Lipinski definition) is 4. The van der Waals surface area contributed by atoms with E-state index in [0.29, 0.717) is 32.2 Å². The molecule has 1 saturated heterocycles. The fraction of sp³-hybridized carbons (Fsp3) is 0.632. The van der Waals surface area contributed by atoms with E-state index in [-0.39, 0.29) is 29.9 Å². The Hall–Kier alpha value is -1.95. The molecule has 1 saturated carbocycles. The number of likely N-dealkylation sites (tertiary alicyclic amines) is 1. The van der Waals surface area contributed by atoms with E-state index in [9.17, 15) is 14.7 Å². The van der Waals surface area contributed by atoms with Crippen LogP contribution in [-0.2, 0) is 9.59 Å². The molecule has 25 heavy (non-hydrogen) atoms. The molecule has 0 spiro atoms. The molecule has 0 aromatic carbocycles. The Morgan fingerprint density at radius 3 is 2.88 bits per heavy atom. The third-order valence-electron chi connectivity index (χ3n) is 5.22. The van der Waals surface area contributed by atoms with E-state index in [1.807, 2.05) is 23.1 Å². The van der Waals surface area contributed by atoms with Gasteiger partial charge in [0.05, 0.1) is 17.8 Å². The summed E-state index contributed by atoms with van der Waals surface area (Å²) in [4.78, 5) is 30.7. The molecule has 1 unspecified atom stereocenters. The Balaban J connectivity index is 1.56.